The largest absolute Gasteiger partial charge is 0.398 e. The standard InChI is InChI=1S/C28H33ClFN7O2/c1-17(6-9-24(38)32-10-13-37-11-4-3-5-12-37)18(2)23(31)15-20-25-26(33-16-34-27(25)36-28(20)39)35-19-7-8-22(30)21(29)14-19/h6-8,14-16H,3-5,9-13,31H2,1-2H3,(H,32,38)(H2,33,34,35,36,39)/b17-6+,20-15-,23-18-. The predicted molar refractivity (Wildman–Crippen MR) is 152 cm³/mol. The van der Waals surface area contributed by atoms with Crippen LogP contribution in [0.5, 0.6) is 0 Å². The predicted octanol–water partition coefficient (Wildman–Crippen LogP) is 4.52. The van der Waals surface area contributed by atoms with Crippen LogP contribution in [-0.4, -0.2) is 52.9 Å². The van der Waals surface area contributed by atoms with Crippen LogP contribution in [0.3, 0.4) is 0 Å². The van der Waals surface area contributed by atoms with Crippen molar-refractivity contribution in [3.63, 3.8) is 0 Å². The van der Waals surface area contributed by atoms with E-state index in [1.165, 1.54) is 43.8 Å². The SMILES string of the molecule is CC(=C(N)\C=C1/C(=O)Nc2ncnc(Nc3ccc(F)c(Cl)c3)c21)/C(C)=C/CC(=O)NCCN1CCCCC1. The Labute approximate surface area is 232 Å². The molecule has 0 spiro atoms. The Balaban J connectivity index is 1.46. The van der Waals surface area contributed by atoms with E-state index in [4.69, 9.17) is 17.3 Å². The van der Waals surface area contributed by atoms with Gasteiger partial charge in [-0.15, -0.1) is 0 Å². The highest BCUT2D eigenvalue weighted by Gasteiger charge is 2.29. The van der Waals surface area contributed by atoms with Gasteiger partial charge < -0.3 is 26.6 Å². The number of anilines is 3. The zero-order valence-electron chi connectivity index (χ0n) is 22.1. The molecule has 0 aliphatic carbocycles. The third-order valence-electron chi connectivity index (χ3n) is 6.89. The number of nitrogens with one attached hydrogen (secondary N) is 3. The lowest BCUT2D eigenvalue weighted by atomic mass is 10.0. The van der Waals surface area contributed by atoms with Crippen molar-refractivity contribution in [1.82, 2.24) is 20.2 Å². The van der Waals surface area contributed by atoms with Crippen LogP contribution in [0, 0.1) is 5.82 Å². The molecule has 2 aliphatic heterocycles. The van der Waals surface area contributed by atoms with Gasteiger partial charge in [-0.05, 0) is 75.2 Å². The number of rotatable bonds is 9. The van der Waals surface area contributed by atoms with Gasteiger partial charge in [0, 0.05) is 30.9 Å². The van der Waals surface area contributed by atoms with Gasteiger partial charge >= 0.3 is 0 Å². The number of piperidine rings is 1. The average Bonchev–Trinajstić information content (AvgIpc) is 3.25. The molecule has 39 heavy (non-hydrogen) atoms. The molecular weight excluding hydrogens is 521 g/mol. The maximum absolute atomic E-state index is 13.6. The maximum Gasteiger partial charge on any atom is 0.257 e. The summed E-state index contributed by atoms with van der Waals surface area (Å²) >= 11 is 5.90. The van der Waals surface area contributed by atoms with Crippen molar-refractivity contribution < 1.29 is 14.0 Å². The van der Waals surface area contributed by atoms with Gasteiger partial charge in [0.25, 0.3) is 5.91 Å². The highest BCUT2D eigenvalue weighted by molar-refractivity contribution is 6.33. The first-order valence-electron chi connectivity index (χ1n) is 13.0. The van der Waals surface area contributed by atoms with Crippen molar-refractivity contribution in [3.8, 4) is 0 Å². The van der Waals surface area contributed by atoms with Crippen LogP contribution < -0.4 is 21.7 Å². The molecule has 0 radical (unpaired) electrons. The van der Waals surface area contributed by atoms with Crippen molar-refractivity contribution in [1.29, 1.82) is 0 Å². The number of aromatic nitrogens is 2. The molecule has 1 saturated heterocycles. The summed E-state index contributed by atoms with van der Waals surface area (Å²) in [5, 5.41) is 8.71. The fraction of sp³-hybridized carbons (Fsp3) is 0.357. The van der Waals surface area contributed by atoms with E-state index in [2.05, 4.69) is 30.8 Å². The summed E-state index contributed by atoms with van der Waals surface area (Å²) in [6.45, 7) is 7.40. The van der Waals surface area contributed by atoms with Gasteiger partial charge in [-0.2, -0.15) is 0 Å². The Hall–Kier alpha value is -3.76. The number of fused-ring (bicyclic) bond motifs is 1. The zero-order chi connectivity index (χ0) is 27.9. The van der Waals surface area contributed by atoms with E-state index in [0.717, 1.165) is 30.8 Å². The van der Waals surface area contributed by atoms with Crippen LogP contribution in [0.4, 0.5) is 21.7 Å². The van der Waals surface area contributed by atoms with Crippen molar-refractivity contribution in [2.75, 3.05) is 36.8 Å². The third kappa shape index (κ3) is 7.21. The van der Waals surface area contributed by atoms with Crippen LogP contribution in [0.15, 0.2) is 53.5 Å². The molecule has 2 aromatic rings. The number of hydrogen-bond donors (Lipinski definition) is 4. The van der Waals surface area contributed by atoms with Crippen LogP contribution in [0.2, 0.25) is 5.02 Å². The van der Waals surface area contributed by atoms with Crippen molar-refractivity contribution in [3.05, 3.63) is 69.9 Å². The van der Waals surface area contributed by atoms with E-state index in [0.29, 0.717) is 35.1 Å². The highest BCUT2D eigenvalue weighted by Crippen LogP contribution is 2.37. The van der Waals surface area contributed by atoms with E-state index in [-0.39, 0.29) is 28.8 Å². The number of amides is 2. The molecule has 2 amide bonds. The summed E-state index contributed by atoms with van der Waals surface area (Å²) in [6.07, 6.45) is 8.67. The summed E-state index contributed by atoms with van der Waals surface area (Å²) in [5.41, 5.74) is 9.53. The molecule has 2 aliphatic rings. The number of carbonyl (C=O) groups excluding carboxylic acids is 2. The van der Waals surface area contributed by atoms with Gasteiger partial charge in [-0.3, -0.25) is 9.59 Å². The number of benzene rings is 1. The lowest BCUT2D eigenvalue weighted by Crippen LogP contribution is -2.37. The number of halogens is 2. The molecular formula is C28H33ClFN7O2. The van der Waals surface area contributed by atoms with Gasteiger partial charge in [-0.25, -0.2) is 14.4 Å². The highest BCUT2D eigenvalue weighted by atomic mass is 35.5. The summed E-state index contributed by atoms with van der Waals surface area (Å²) in [4.78, 5) is 35.9. The molecule has 0 unspecified atom stereocenters. The minimum atomic E-state index is -0.542. The molecule has 3 heterocycles. The van der Waals surface area contributed by atoms with Gasteiger partial charge in [0.1, 0.15) is 23.8 Å². The molecule has 9 nitrogen and oxygen atoms in total. The molecule has 1 aromatic carbocycles. The lowest BCUT2D eigenvalue weighted by Gasteiger charge is -2.26. The van der Waals surface area contributed by atoms with Gasteiger partial charge in [0.2, 0.25) is 5.91 Å². The number of likely N-dealkylation sites (tertiary alicyclic amines) is 1. The van der Waals surface area contributed by atoms with Crippen molar-refractivity contribution in [2.45, 2.75) is 39.5 Å². The van der Waals surface area contributed by atoms with Gasteiger partial charge in [0.15, 0.2) is 0 Å². The average molecular weight is 554 g/mol. The monoisotopic (exact) mass is 553 g/mol. The van der Waals surface area contributed by atoms with E-state index >= 15 is 0 Å². The third-order valence-corrected chi connectivity index (χ3v) is 7.18. The second-order valence-electron chi connectivity index (χ2n) is 9.64. The minimum Gasteiger partial charge on any atom is -0.398 e. The Kier molecular flexibility index (Phi) is 9.32. The van der Waals surface area contributed by atoms with Crippen LogP contribution in [-0.2, 0) is 9.59 Å². The molecule has 4 rings (SSSR count). The fourth-order valence-electron chi connectivity index (χ4n) is 4.47. The fourth-order valence-corrected chi connectivity index (χ4v) is 4.65. The Bertz CT molecular complexity index is 1350. The van der Waals surface area contributed by atoms with Crippen LogP contribution in [0.25, 0.3) is 5.57 Å². The first-order valence-corrected chi connectivity index (χ1v) is 13.3. The summed E-state index contributed by atoms with van der Waals surface area (Å²) in [6, 6.07) is 4.18. The van der Waals surface area contributed by atoms with Crippen molar-refractivity contribution in [2.24, 2.45) is 5.73 Å². The molecule has 0 saturated carbocycles. The number of hydrogen-bond acceptors (Lipinski definition) is 7. The molecule has 1 fully saturated rings. The molecule has 11 heteroatoms. The van der Waals surface area contributed by atoms with E-state index in [1.54, 1.807) is 6.08 Å². The number of nitrogens with zero attached hydrogens (tertiary/aromatic N) is 3. The summed E-state index contributed by atoms with van der Waals surface area (Å²) < 4.78 is 13.6. The minimum absolute atomic E-state index is 0.0450. The molecule has 5 N–H and O–H groups in total. The van der Waals surface area contributed by atoms with E-state index in [9.17, 15) is 14.0 Å². The Morgan fingerprint density at radius 2 is 2.00 bits per heavy atom. The topological polar surface area (TPSA) is 125 Å². The first-order chi connectivity index (χ1) is 18.7. The molecule has 0 atom stereocenters. The quantitative estimate of drug-likeness (QED) is 0.266. The first kappa shape index (κ1) is 28.3. The number of carbonyl (C=O) groups is 2. The molecule has 0 bridgehead atoms. The Morgan fingerprint density at radius 1 is 1.23 bits per heavy atom. The smallest absolute Gasteiger partial charge is 0.257 e. The number of allylic oxidation sites excluding steroid dienone is 3. The van der Waals surface area contributed by atoms with Crippen molar-refractivity contribution >= 4 is 46.3 Å². The van der Waals surface area contributed by atoms with Crippen LogP contribution >= 0.6 is 11.6 Å². The zero-order valence-corrected chi connectivity index (χ0v) is 22.9. The summed E-state index contributed by atoms with van der Waals surface area (Å²) in [7, 11) is 0. The Morgan fingerprint density at radius 3 is 2.74 bits per heavy atom. The normalized spacial score (nSPS) is 17.5. The summed E-state index contributed by atoms with van der Waals surface area (Å²) in [5.74, 6) is -0.300. The second kappa shape index (κ2) is 12.9. The molecule has 1 aromatic heterocycles. The second-order valence-corrected chi connectivity index (χ2v) is 10.0. The van der Waals surface area contributed by atoms with Gasteiger partial charge in [-0.1, -0.05) is 24.1 Å². The van der Waals surface area contributed by atoms with E-state index in [1.807, 2.05) is 19.9 Å². The number of nitrogens with two attached hydrogens (primary N) is 1. The van der Waals surface area contributed by atoms with E-state index < -0.39 is 5.82 Å². The lowest BCUT2D eigenvalue weighted by molar-refractivity contribution is -0.120. The maximum atomic E-state index is 13.6. The molecule has 206 valence electrons. The van der Waals surface area contributed by atoms with Gasteiger partial charge in [0.05, 0.1) is 16.2 Å². The van der Waals surface area contributed by atoms with Crippen LogP contribution in [0.1, 0.15) is 45.1 Å².